The molecule has 2 aromatic rings. The van der Waals surface area contributed by atoms with Gasteiger partial charge in [-0.3, -0.25) is 4.79 Å². The molecule has 2 N–H and O–H groups in total. The summed E-state index contributed by atoms with van der Waals surface area (Å²) in [5, 5.41) is 8.70. The van der Waals surface area contributed by atoms with Gasteiger partial charge in [-0.1, -0.05) is 42.5 Å². The first-order chi connectivity index (χ1) is 10.7. The maximum atomic E-state index is 12.6. The van der Waals surface area contributed by atoms with Gasteiger partial charge in [-0.2, -0.15) is 0 Å². The van der Waals surface area contributed by atoms with E-state index >= 15 is 0 Å². The first-order valence-electron chi connectivity index (χ1n) is 7.76. The molecule has 1 amide bonds. The first-order valence-corrected chi connectivity index (χ1v) is 7.76. The van der Waals surface area contributed by atoms with Crippen molar-refractivity contribution in [2.75, 3.05) is 20.2 Å². The number of rotatable bonds is 4. The number of benzene rings is 2. The minimum Gasteiger partial charge on any atom is -0.368 e. The van der Waals surface area contributed by atoms with Crippen molar-refractivity contribution in [2.45, 2.75) is 25.0 Å². The lowest BCUT2D eigenvalue weighted by Gasteiger charge is -2.34. The van der Waals surface area contributed by atoms with Crippen LogP contribution in [-0.4, -0.2) is 31.7 Å². The molecule has 0 bridgehead atoms. The summed E-state index contributed by atoms with van der Waals surface area (Å²) in [6.07, 6.45) is 1.43. The van der Waals surface area contributed by atoms with Gasteiger partial charge in [-0.25, -0.2) is 0 Å². The molecule has 0 saturated carbocycles. The molecule has 1 saturated heterocycles. The van der Waals surface area contributed by atoms with Crippen LogP contribution in [0.3, 0.4) is 0 Å². The van der Waals surface area contributed by atoms with Crippen molar-refractivity contribution < 1.29 is 9.53 Å². The van der Waals surface area contributed by atoms with Gasteiger partial charge in [0.05, 0.1) is 0 Å². The Kier molecular flexibility index (Phi) is 4.41. The van der Waals surface area contributed by atoms with E-state index in [0.717, 1.165) is 18.7 Å². The highest BCUT2D eigenvalue weighted by Crippen LogP contribution is 2.23. The second-order valence-corrected chi connectivity index (χ2v) is 5.77. The maximum absolute atomic E-state index is 12.6. The molecule has 0 radical (unpaired) electrons. The number of amides is 1. The number of hydrogen-bond donors (Lipinski definition) is 2. The number of ether oxygens (including phenoxy) is 1. The van der Waals surface area contributed by atoms with Gasteiger partial charge >= 0.3 is 0 Å². The quantitative estimate of drug-likeness (QED) is 0.910. The Labute approximate surface area is 130 Å². The predicted molar refractivity (Wildman–Crippen MR) is 87.6 cm³/mol. The van der Waals surface area contributed by atoms with Gasteiger partial charge < -0.3 is 15.4 Å². The zero-order valence-electron chi connectivity index (χ0n) is 12.9. The Balaban J connectivity index is 1.74. The summed E-state index contributed by atoms with van der Waals surface area (Å²) in [4.78, 5) is 12.6. The molecule has 0 aliphatic carbocycles. The van der Waals surface area contributed by atoms with Crippen LogP contribution in [0.15, 0.2) is 42.5 Å². The van der Waals surface area contributed by atoms with Crippen molar-refractivity contribution in [3.8, 4) is 0 Å². The summed E-state index contributed by atoms with van der Waals surface area (Å²) in [5.41, 5.74) is 0.446. The van der Waals surface area contributed by atoms with Crippen molar-refractivity contribution in [3.05, 3.63) is 48.0 Å². The molecule has 2 aromatic carbocycles. The van der Waals surface area contributed by atoms with Crippen molar-refractivity contribution in [2.24, 2.45) is 0 Å². The molecule has 116 valence electrons. The third-order valence-corrected chi connectivity index (χ3v) is 4.54. The van der Waals surface area contributed by atoms with Crippen LogP contribution >= 0.6 is 0 Å². The molecule has 0 unspecified atom stereocenters. The average molecular weight is 298 g/mol. The van der Waals surface area contributed by atoms with Crippen LogP contribution in [0, 0.1) is 0 Å². The van der Waals surface area contributed by atoms with Crippen molar-refractivity contribution in [1.82, 2.24) is 10.6 Å². The van der Waals surface area contributed by atoms with Gasteiger partial charge in [-0.15, -0.1) is 0 Å². The van der Waals surface area contributed by atoms with Crippen LogP contribution in [0.25, 0.3) is 10.8 Å². The van der Waals surface area contributed by atoms with E-state index < -0.39 is 5.60 Å². The number of nitrogens with one attached hydrogen (secondary N) is 2. The van der Waals surface area contributed by atoms with Gasteiger partial charge in [0.25, 0.3) is 5.91 Å². The monoisotopic (exact) mass is 298 g/mol. The third kappa shape index (κ3) is 2.85. The molecule has 1 fully saturated rings. The lowest BCUT2D eigenvalue weighted by Crippen LogP contribution is -2.53. The SMILES string of the molecule is COC1(C(=O)NCc2cccc3ccccc23)CCNCC1. The summed E-state index contributed by atoms with van der Waals surface area (Å²) < 4.78 is 5.56. The Morgan fingerprint density at radius 3 is 2.68 bits per heavy atom. The number of carbonyl (C=O) groups is 1. The van der Waals surface area contributed by atoms with Crippen LogP contribution in [0.4, 0.5) is 0 Å². The Bertz CT molecular complexity index is 658. The molecule has 3 rings (SSSR count). The number of methoxy groups -OCH3 is 1. The second kappa shape index (κ2) is 6.46. The Hall–Kier alpha value is -1.91. The molecular formula is C18H22N2O2. The van der Waals surface area contributed by atoms with Gasteiger partial charge in [0.15, 0.2) is 0 Å². The van der Waals surface area contributed by atoms with Gasteiger partial charge in [-0.05, 0) is 42.3 Å². The Morgan fingerprint density at radius 2 is 1.91 bits per heavy atom. The standard InChI is InChI=1S/C18H22N2O2/c1-22-18(9-11-19-12-10-18)17(21)20-13-15-7-4-6-14-5-2-3-8-16(14)15/h2-8,19H,9-13H2,1H3,(H,20,21). The highest BCUT2D eigenvalue weighted by molar-refractivity contribution is 5.88. The minimum atomic E-state index is -0.685. The lowest BCUT2D eigenvalue weighted by molar-refractivity contribution is -0.146. The molecule has 1 aliphatic heterocycles. The first kappa shape index (κ1) is 15.0. The van der Waals surface area contributed by atoms with E-state index in [0.29, 0.717) is 19.4 Å². The predicted octanol–water partition coefficient (Wildman–Crippen LogP) is 2.22. The third-order valence-electron chi connectivity index (χ3n) is 4.54. The molecule has 4 nitrogen and oxygen atoms in total. The van der Waals surface area contributed by atoms with Crippen LogP contribution in [0.2, 0.25) is 0 Å². The fraction of sp³-hybridized carbons (Fsp3) is 0.389. The minimum absolute atomic E-state index is 0.00978. The highest BCUT2D eigenvalue weighted by Gasteiger charge is 2.39. The molecule has 22 heavy (non-hydrogen) atoms. The smallest absolute Gasteiger partial charge is 0.252 e. The average Bonchev–Trinajstić information content (AvgIpc) is 2.60. The zero-order valence-corrected chi connectivity index (χ0v) is 12.9. The van der Waals surface area contributed by atoms with Crippen LogP contribution < -0.4 is 10.6 Å². The summed E-state index contributed by atoms with van der Waals surface area (Å²) in [7, 11) is 1.63. The van der Waals surface area contributed by atoms with Crippen LogP contribution in [0.1, 0.15) is 18.4 Å². The summed E-state index contributed by atoms with van der Waals surface area (Å²) in [5.74, 6) is -0.00978. The normalized spacial score (nSPS) is 17.3. The van der Waals surface area contributed by atoms with E-state index in [1.165, 1.54) is 10.8 Å². The molecule has 0 atom stereocenters. The molecule has 1 heterocycles. The summed E-state index contributed by atoms with van der Waals surface area (Å²) in [6, 6.07) is 14.4. The summed E-state index contributed by atoms with van der Waals surface area (Å²) >= 11 is 0. The number of fused-ring (bicyclic) bond motifs is 1. The topological polar surface area (TPSA) is 50.4 Å². The van der Waals surface area contributed by atoms with E-state index in [-0.39, 0.29) is 5.91 Å². The largest absolute Gasteiger partial charge is 0.368 e. The van der Waals surface area contributed by atoms with Gasteiger partial charge in [0.1, 0.15) is 5.60 Å². The fourth-order valence-electron chi connectivity index (χ4n) is 3.14. The molecule has 1 aliphatic rings. The molecular weight excluding hydrogens is 276 g/mol. The molecule has 0 spiro atoms. The number of hydrogen-bond acceptors (Lipinski definition) is 3. The number of carbonyl (C=O) groups excluding carboxylic acids is 1. The van der Waals surface area contributed by atoms with E-state index in [2.05, 4.69) is 34.9 Å². The highest BCUT2D eigenvalue weighted by atomic mass is 16.5. The van der Waals surface area contributed by atoms with E-state index in [1.807, 2.05) is 18.2 Å². The molecule has 4 heteroatoms. The zero-order chi connectivity index (χ0) is 15.4. The second-order valence-electron chi connectivity index (χ2n) is 5.77. The fourth-order valence-corrected chi connectivity index (χ4v) is 3.14. The van der Waals surface area contributed by atoms with E-state index in [4.69, 9.17) is 4.74 Å². The van der Waals surface area contributed by atoms with Crippen molar-refractivity contribution in [3.63, 3.8) is 0 Å². The van der Waals surface area contributed by atoms with E-state index in [9.17, 15) is 4.79 Å². The van der Waals surface area contributed by atoms with Crippen molar-refractivity contribution >= 4 is 16.7 Å². The Morgan fingerprint density at radius 1 is 1.18 bits per heavy atom. The number of piperidine rings is 1. The van der Waals surface area contributed by atoms with Crippen LogP contribution in [-0.2, 0) is 16.1 Å². The van der Waals surface area contributed by atoms with Crippen LogP contribution in [0.5, 0.6) is 0 Å². The lowest BCUT2D eigenvalue weighted by atomic mass is 9.91. The van der Waals surface area contributed by atoms with Gasteiger partial charge in [0.2, 0.25) is 0 Å². The maximum Gasteiger partial charge on any atom is 0.252 e. The van der Waals surface area contributed by atoms with E-state index in [1.54, 1.807) is 7.11 Å². The summed E-state index contributed by atoms with van der Waals surface area (Å²) in [6.45, 7) is 2.16. The molecule has 0 aromatic heterocycles. The van der Waals surface area contributed by atoms with Gasteiger partial charge in [0, 0.05) is 13.7 Å². The van der Waals surface area contributed by atoms with Crippen molar-refractivity contribution in [1.29, 1.82) is 0 Å².